The highest BCUT2D eigenvalue weighted by atomic mass is 32.2. The molecule has 1 aromatic carbocycles. The molecule has 0 saturated heterocycles. The van der Waals surface area contributed by atoms with Crippen LogP contribution >= 0.6 is 11.3 Å². The molecule has 0 fully saturated rings. The maximum atomic E-state index is 13.7. The summed E-state index contributed by atoms with van der Waals surface area (Å²) in [5, 5.41) is 3.01. The third-order valence-electron chi connectivity index (χ3n) is 2.81. The standard InChI is InChI=1S/C13H10F5NO2S2/c14-10-2-1-3-11(15)12(10)23(20,21)19(8-13(16,17)18)6-9-4-5-22-7-9/h1-5,7H,6,8H2. The molecular formula is C13H10F5NO2S2. The largest absolute Gasteiger partial charge is 0.402 e. The van der Waals surface area contributed by atoms with Crippen LogP contribution in [-0.4, -0.2) is 25.4 Å². The van der Waals surface area contributed by atoms with Crippen molar-refractivity contribution in [3.8, 4) is 0 Å². The number of halogens is 5. The lowest BCUT2D eigenvalue weighted by Crippen LogP contribution is -2.39. The van der Waals surface area contributed by atoms with Crippen LogP contribution in [0.25, 0.3) is 0 Å². The smallest absolute Gasteiger partial charge is 0.207 e. The van der Waals surface area contributed by atoms with Gasteiger partial charge in [-0.05, 0) is 34.5 Å². The molecule has 1 heterocycles. The number of alkyl halides is 3. The summed E-state index contributed by atoms with van der Waals surface area (Å²) < 4.78 is 90.1. The van der Waals surface area contributed by atoms with Gasteiger partial charge in [-0.3, -0.25) is 0 Å². The molecule has 0 aliphatic rings. The van der Waals surface area contributed by atoms with Gasteiger partial charge in [0, 0.05) is 6.54 Å². The Morgan fingerprint density at radius 2 is 1.70 bits per heavy atom. The van der Waals surface area contributed by atoms with E-state index in [4.69, 9.17) is 0 Å². The van der Waals surface area contributed by atoms with Crippen molar-refractivity contribution >= 4 is 21.4 Å². The number of nitrogens with zero attached hydrogens (tertiary/aromatic N) is 1. The van der Waals surface area contributed by atoms with E-state index in [9.17, 15) is 30.4 Å². The summed E-state index contributed by atoms with van der Waals surface area (Å²) in [4.78, 5) is -1.39. The average molecular weight is 371 g/mol. The van der Waals surface area contributed by atoms with Crippen LogP contribution in [0.3, 0.4) is 0 Å². The molecule has 0 unspecified atom stereocenters. The Hall–Kier alpha value is -1.52. The fourth-order valence-corrected chi connectivity index (χ4v) is 4.05. The minimum absolute atomic E-state index is 0.0105. The van der Waals surface area contributed by atoms with Crippen LogP contribution in [0.5, 0.6) is 0 Å². The molecule has 0 N–H and O–H groups in total. The van der Waals surface area contributed by atoms with Gasteiger partial charge in [-0.1, -0.05) is 6.07 Å². The lowest BCUT2D eigenvalue weighted by Gasteiger charge is -2.23. The first kappa shape index (κ1) is 17.8. The number of benzene rings is 1. The number of sulfonamides is 1. The molecule has 0 radical (unpaired) electrons. The van der Waals surface area contributed by atoms with Gasteiger partial charge in [0.1, 0.15) is 18.2 Å². The summed E-state index contributed by atoms with van der Waals surface area (Å²) in [7, 11) is -5.00. The maximum Gasteiger partial charge on any atom is 0.402 e. The van der Waals surface area contributed by atoms with Crippen LogP contribution in [-0.2, 0) is 16.6 Å². The fraction of sp³-hybridized carbons (Fsp3) is 0.231. The molecule has 2 aromatic rings. The summed E-state index contributed by atoms with van der Waals surface area (Å²) in [6.07, 6.45) is -4.86. The van der Waals surface area contributed by atoms with Crippen molar-refractivity contribution in [3.63, 3.8) is 0 Å². The summed E-state index contributed by atoms with van der Waals surface area (Å²) in [6, 6.07) is 3.70. The molecule has 0 atom stereocenters. The van der Waals surface area contributed by atoms with E-state index in [1.54, 1.807) is 5.38 Å². The molecule has 23 heavy (non-hydrogen) atoms. The van der Waals surface area contributed by atoms with Crippen molar-refractivity contribution in [3.05, 3.63) is 52.2 Å². The predicted molar refractivity (Wildman–Crippen MR) is 74.3 cm³/mol. The third-order valence-corrected chi connectivity index (χ3v) is 5.39. The Morgan fingerprint density at radius 3 is 2.17 bits per heavy atom. The van der Waals surface area contributed by atoms with Gasteiger partial charge in [-0.2, -0.15) is 28.8 Å². The van der Waals surface area contributed by atoms with E-state index in [1.165, 1.54) is 11.4 Å². The molecule has 0 aliphatic heterocycles. The van der Waals surface area contributed by atoms with Gasteiger partial charge in [0.05, 0.1) is 0 Å². The Labute approximate surface area is 133 Å². The second-order valence-electron chi connectivity index (χ2n) is 4.57. The van der Waals surface area contributed by atoms with Crippen LogP contribution in [0, 0.1) is 11.6 Å². The Morgan fingerprint density at radius 1 is 1.09 bits per heavy atom. The Balaban J connectivity index is 2.48. The zero-order valence-electron chi connectivity index (χ0n) is 11.3. The summed E-state index contributed by atoms with van der Waals surface area (Å²) in [5.41, 5.74) is 0.291. The van der Waals surface area contributed by atoms with Crippen LogP contribution in [0.4, 0.5) is 22.0 Å². The lowest BCUT2D eigenvalue weighted by molar-refractivity contribution is -0.137. The monoisotopic (exact) mass is 371 g/mol. The van der Waals surface area contributed by atoms with E-state index in [-0.39, 0.29) is 4.31 Å². The molecule has 0 spiro atoms. The zero-order chi connectivity index (χ0) is 17.3. The van der Waals surface area contributed by atoms with Crippen molar-refractivity contribution in [1.82, 2.24) is 4.31 Å². The molecule has 0 aliphatic carbocycles. The summed E-state index contributed by atoms with van der Waals surface area (Å²) in [5.74, 6) is -2.88. The third kappa shape index (κ3) is 4.27. The van der Waals surface area contributed by atoms with Crippen LogP contribution in [0.15, 0.2) is 39.9 Å². The number of hydrogen-bond acceptors (Lipinski definition) is 3. The van der Waals surface area contributed by atoms with Crippen LogP contribution < -0.4 is 0 Å². The molecule has 0 saturated carbocycles. The minimum Gasteiger partial charge on any atom is -0.207 e. The van der Waals surface area contributed by atoms with Crippen molar-refractivity contribution < 1.29 is 30.4 Å². The molecule has 3 nitrogen and oxygen atoms in total. The molecule has 2 rings (SSSR count). The van der Waals surface area contributed by atoms with Crippen LogP contribution in [0.1, 0.15) is 5.56 Å². The van der Waals surface area contributed by atoms with Crippen molar-refractivity contribution in [2.45, 2.75) is 17.6 Å². The first-order valence-electron chi connectivity index (χ1n) is 6.13. The van der Waals surface area contributed by atoms with Crippen molar-refractivity contribution in [1.29, 1.82) is 0 Å². The van der Waals surface area contributed by atoms with Gasteiger partial charge in [-0.25, -0.2) is 17.2 Å². The highest BCUT2D eigenvalue weighted by Crippen LogP contribution is 2.28. The summed E-state index contributed by atoms with van der Waals surface area (Å²) in [6.45, 7) is -2.49. The van der Waals surface area contributed by atoms with E-state index in [1.807, 2.05) is 0 Å². The van der Waals surface area contributed by atoms with E-state index < -0.39 is 45.8 Å². The zero-order valence-corrected chi connectivity index (χ0v) is 13.0. The first-order valence-corrected chi connectivity index (χ1v) is 8.51. The second kappa shape index (κ2) is 6.54. The first-order chi connectivity index (χ1) is 10.6. The van der Waals surface area contributed by atoms with Crippen molar-refractivity contribution in [2.24, 2.45) is 0 Å². The van der Waals surface area contributed by atoms with E-state index in [0.29, 0.717) is 17.7 Å². The number of thiophene rings is 1. The van der Waals surface area contributed by atoms with Gasteiger partial charge >= 0.3 is 6.18 Å². The molecular weight excluding hydrogens is 361 g/mol. The van der Waals surface area contributed by atoms with E-state index in [2.05, 4.69) is 0 Å². The van der Waals surface area contributed by atoms with E-state index >= 15 is 0 Å². The molecule has 0 bridgehead atoms. The van der Waals surface area contributed by atoms with Gasteiger partial charge in [0.25, 0.3) is 0 Å². The number of hydrogen-bond donors (Lipinski definition) is 0. The highest BCUT2D eigenvalue weighted by molar-refractivity contribution is 7.89. The Kier molecular flexibility index (Phi) is 5.07. The minimum atomic E-state index is -5.00. The van der Waals surface area contributed by atoms with Gasteiger partial charge < -0.3 is 0 Å². The molecule has 1 aromatic heterocycles. The highest BCUT2D eigenvalue weighted by Gasteiger charge is 2.39. The fourth-order valence-electron chi connectivity index (χ4n) is 1.87. The molecule has 0 amide bonds. The van der Waals surface area contributed by atoms with Gasteiger partial charge in [0.2, 0.25) is 10.0 Å². The maximum absolute atomic E-state index is 13.7. The number of rotatable bonds is 5. The normalized spacial score (nSPS) is 12.8. The molecule has 10 heteroatoms. The average Bonchev–Trinajstić information content (AvgIpc) is 2.88. The second-order valence-corrected chi connectivity index (χ2v) is 7.23. The van der Waals surface area contributed by atoms with Crippen LogP contribution in [0.2, 0.25) is 0 Å². The van der Waals surface area contributed by atoms with Gasteiger partial charge in [0.15, 0.2) is 4.90 Å². The SMILES string of the molecule is O=S(=O)(c1c(F)cccc1F)N(Cc1ccsc1)CC(F)(F)F. The quantitative estimate of drug-likeness (QED) is 0.750. The Bertz CT molecular complexity index is 752. The topological polar surface area (TPSA) is 37.4 Å². The molecule has 126 valence electrons. The predicted octanol–water partition coefficient (Wildman–Crippen LogP) is 3.78. The van der Waals surface area contributed by atoms with E-state index in [0.717, 1.165) is 17.4 Å². The lowest BCUT2D eigenvalue weighted by atomic mass is 10.3. The van der Waals surface area contributed by atoms with Gasteiger partial charge in [-0.15, -0.1) is 0 Å². The summed E-state index contributed by atoms with van der Waals surface area (Å²) >= 11 is 1.16. The van der Waals surface area contributed by atoms with Crippen molar-refractivity contribution in [2.75, 3.05) is 6.54 Å².